The average molecular weight is 494 g/mol. The van der Waals surface area contributed by atoms with E-state index >= 15 is 0 Å². The van der Waals surface area contributed by atoms with Gasteiger partial charge in [-0.05, 0) is 97.9 Å². The highest BCUT2D eigenvalue weighted by atomic mass is 32.2. The Bertz CT molecular complexity index is 1130. The van der Waals surface area contributed by atoms with Crippen molar-refractivity contribution in [3.8, 4) is 16.9 Å². The van der Waals surface area contributed by atoms with Gasteiger partial charge in [-0.25, -0.2) is 4.79 Å². The van der Waals surface area contributed by atoms with Crippen molar-refractivity contribution in [1.82, 2.24) is 10.2 Å². The predicted octanol–water partition coefficient (Wildman–Crippen LogP) is 4.81. The topological polar surface area (TPSA) is 116 Å². The summed E-state index contributed by atoms with van der Waals surface area (Å²) >= 11 is 1.14. The van der Waals surface area contributed by atoms with Gasteiger partial charge in [0.05, 0.1) is 11.6 Å². The summed E-state index contributed by atoms with van der Waals surface area (Å²) in [5.41, 5.74) is 4.33. The third-order valence-corrected chi connectivity index (χ3v) is 6.45. The lowest BCUT2D eigenvalue weighted by molar-refractivity contribution is -0.110. The summed E-state index contributed by atoms with van der Waals surface area (Å²) in [5, 5.41) is 26.9. The number of aromatic carboxylic acids is 1. The highest BCUT2D eigenvalue weighted by molar-refractivity contribution is 7.97. The maximum atomic E-state index is 10.5. The van der Waals surface area contributed by atoms with Gasteiger partial charge in [0.1, 0.15) is 5.75 Å². The van der Waals surface area contributed by atoms with Crippen molar-refractivity contribution in [3.63, 3.8) is 0 Å². The van der Waals surface area contributed by atoms with E-state index < -0.39 is 5.97 Å². The molecular weight excluding hydrogens is 462 g/mol. The SMILES string of the molecule is CC(NC=O)c1ccc(C(=O)O)cc1.NSc1ccc(-c2cccc(CN3CCCC3)c2)c(O)c1. The molecule has 0 bridgehead atoms. The zero-order valence-corrected chi connectivity index (χ0v) is 20.5. The van der Waals surface area contributed by atoms with E-state index in [0.717, 1.165) is 40.1 Å². The Labute approximate surface area is 210 Å². The molecule has 1 unspecified atom stereocenters. The lowest BCUT2D eigenvalue weighted by Crippen LogP contribution is -2.18. The maximum Gasteiger partial charge on any atom is 0.335 e. The van der Waals surface area contributed by atoms with E-state index in [-0.39, 0.29) is 17.4 Å². The molecule has 1 aliphatic rings. The summed E-state index contributed by atoms with van der Waals surface area (Å²) in [6.45, 7) is 5.20. The number of carbonyl (C=O) groups excluding carboxylic acids is 1. The van der Waals surface area contributed by atoms with Crippen molar-refractivity contribution in [2.24, 2.45) is 5.14 Å². The monoisotopic (exact) mass is 493 g/mol. The van der Waals surface area contributed by atoms with E-state index in [0.29, 0.717) is 6.41 Å². The number of phenolic OH excluding ortho intramolecular Hbond substituents is 1. The Balaban J connectivity index is 0.000000214. The number of nitrogens with two attached hydrogens (primary N) is 1. The number of carbonyl (C=O) groups is 2. The van der Waals surface area contributed by atoms with Crippen LogP contribution >= 0.6 is 11.9 Å². The molecule has 1 saturated heterocycles. The second-order valence-electron chi connectivity index (χ2n) is 8.41. The van der Waals surface area contributed by atoms with Crippen molar-refractivity contribution in [3.05, 3.63) is 83.4 Å². The number of hydrogen-bond acceptors (Lipinski definition) is 6. The first-order chi connectivity index (χ1) is 16.9. The summed E-state index contributed by atoms with van der Waals surface area (Å²) in [6.07, 6.45) is 3.23. The molecule has 1 aliphatic heterocycles. The number of amides is 1. The number of likely N-dealkylation sites (tertiary alicyclic amines) is 1. The molecule has 3 aromatic carbocycles. The first-order valence-electron chi connectivity index (χ1n) is 11.5. The van der Waals surface area contributed by atoms with Crippen LogP contribution in [0.1, 0.15) is 47.3 Å². The number of nitrogens with one attached hydrogen (secondary N) is 1. The Morgan fingerprint density at radius 1 is 1.11 bits per heavy atom. The molecule has 184 valence electrons. The zero-order valence-electron chi connectivity index (χ0n) is 19.7. The number of aromatic hydroxyl groups is 1. The van der Waals surface area contributed by atoms with E-state index in [1.165, 1.54) is 43.6 Å². The molecule has 0 radical (unpaired) electrons. The van der Waals surface area contributed by atoms with Crippen molar-refractivity contribution in [1.29, 1.82) is 0 Å². The molecule has 1 amide bonds. The van der Waals surface area contributed by atoms with Crippen LogP contribution in [0.3, 0.4) is 0 Å². The molecule has 8 heteroatoms. The number of phenols is 1. The van der Waals surface area contributed by atoms with E-state index in [1.54, 1.807) is 18.2 Å². The largest absolute Gasteiger partial charge is 0.507 e. The number of benzene rings is 3. The van der Waals surface area contributed by atoms with Crippen molar-refractivity contribution < 1.29 is 19.8 Å². The second kappa shape index (κ2) is 12.9. The molecule has 0 spiro atoms. The first-order valence-corrected chi connectivity index (χ1v) is 12.3. The number of nitrogens with zero attached hydrogens (tertiary/aromatic N) is 1. The van der Waals surface area contributed by atoms with Gasteiger partial charge in [0.25, 0.3) is 0 Å². The highest BCUT2D eigenvalue weighted by Crippen LogP contribution is 2.32. The number of carboxylic acids is 1. The van der Waals surface area contributed by atoms with Crippen LogP contribution in [-0.2, 0) is 11.3 Å². The van der Waals surface area contributed by atoms with Crippen molar-refractivity contribution in [2.75, 3.05) is 13.1 Å². The average Bonchev–Trinajstić information content (AvgIpc) is 3.37. The van der Waals surface area contributed by atoms with Gasteiger partial charge in [0, 0.05) is 17.0 Å². The van der Waals surface area contributed by atoms with Gasteiger partial charge in [0.2, 0.25) is 6.41 Å². The minimum atomic E-state index is -0.951. The van der Waals surface area contributed by atoms with Gasteiger partial charge in [-0.2, -0.15) is 0 Å². The molecule has 1 heterocycles. The van der Waals surface area contributed by atoms with E-state index in [9.17, 15) is 14.7 Å². The summed E-state index contributed by atoms with van der Waals surface area (Å²) in [7, 11) is 0. The molecule has 0 aliphatic carbocycles. The van der Waals surface area contributed by atoms with Crippen LogP contribution in [0.4, 0.5) is 0 Å². The van der Waals surface area contributed by atoms with Crippen LogP contribution in [0, 0.1) is 0 Å². The Morgan fingerprint density at radius 2 is 1.83 bits per heavy atom. The van der Waals surface area contributed by atoms with Crippen LogP contribution in [-0.4, -0.2) is 40.6 Å². The van der Waals surface area contributed by atoms with Crippen LogP contribution in [0.15, 0.2) is 71.6 Å². The number of carboxylic acid groups (broad SMARTS) is 1. The quantitative estimate of drug-likeness (QED) is 0.263. The molecule has 1 atom stereocenters. The first kappa shape index (κ1) is 26.3. The smallest absolute Gasteiger partial charge is 0.335 e. The molecule has 1 fully saturated rings. The van der Waals surface area contributed by atoms with Gasteiger partial charge in [-0.15, -0.1) is 0 Å². The van der Waals surface area contributed by atoms with Crippen LogP contribution in [0.5, 0.6) is 5.75 Å². The van der Waals surface area contributed by atoms with E-state index in [1.807, 2.05) is 25.1 Å². The van der Waals surface area contributed by atoms with Crippen molar-refractivity contribution in [2.45, 2.75) is 37.2 Å². The summed E-state index contributed by atoms with van der Waals surface area (Å²) in [5.74, 6) is -0.670. The molecule has 3 aromatic rings. The summed E-state index contributed by atoms with van der Waals surface area (Å²) in [6, 6.07) is 20.3. The van der Waals surface area contributed by atoms with Crippen LogP contribution in [0.2, 0.25) is 0 Å². The summed E-state index contributed by atoms with van der Waals surface area (Å²) in [4.78, 5) is 24.0. The fourth-order valence-electron chi connectivity index (χ4n) is 3.98. The summed E-state index contributed by atoms with van der Waals surface area (Å²) < 4.78 is 0. The van der Waals surface area contributed by atoms with Gasteiger partial charge in [-0.3, -0.25) is 14.8 Å². The van der Waals surface area contributed by atoms with Gasteiger partial charge in [0.15, 0.2) is 0 Å². The van der Waals surface area contributed by atoms with Gasteiger partial charge >= 0.3 is 5.97 Å². The Kier molecular flexibility index (Phi) is 9.72. The predicted molar refractivity (Wildman–Crippen MR) is 139 cm³/mol. The van der Waals surface area contributed by atoms with Crippen LogP contribution < -0.4 is 10.5 Å². The van der Waals surface area contributed by atoms with Crippen molar-refractivity contribution >= 4 is 24.3 Å². The fourth-order valence-corrected chi connectivity index (χ4v) is 4.30. The van der Waals surface area contributed by atoms with E-state index in [2.05, 4.69) is 28.4 Å². The van der Waals surface area contributed by atoms with Crippen LogP contribution in [0.25, 0.3) is 11.1 Å². The lowest BCUT2D eigenvalue weighted by atomic mass is 10.0. The minimum Gasteiger partial charge on any atom is -0.507 e. The molecule has 5 N–H and O–H groups in total. The maximum absolute atomic E-state index is 10.5. The molecule has 0 saturated carbocycles. The number of rotatable bonds is 8. The Morgan fingerprint density at radius 3 is 2.43 bits per heavy atom. The normalized spacial score (nSPS) is 14.0. The standard InChI is InChI=1S/C17H20N2OS.C10H11NO3/c18-21-15-6-7-16(17(20)11-15)14-5-3-4-13(10-14)12-19-8-1-2-9-19;1-7(11-6-12)8-2-4-9(5-3-8)10(13)14/h3-7,10-11,20H,1-2,8-9,12,18H2;2-7H,1H3,(H,11,12)(H,13,14). The van der Waals surface area contributed by atoms with E-state index in [4.69, 9.17) is 10.2 Å². The lowest BCUT2D eigenvalue weighted by Gasteiger charge is -2.15. The molecule has 7 nitrogen and oxygen atoms in total. The van der Waals surface area contributed by atoms with Gasteiger partial charge in [-0.1, -0.05) is 30.3 Å². The Hall–Kier alpha value is -3.33. The van der Waals surface area contributed by atoms with Gasteiger partial charge < -0.3 is 15.5 Å². The third-order valence-electron chi connectivity index (χ3n) is 5.92. The second-order valence-corrected chi connectivity index (χ2v) is 9.12. The molecule has 4 rings (SSSR count). The minimum absolute atomic E-state index is 0.102. The number of hydrogen-bond donors (Lipinski definition) is 4. The molecular formula is C27H31N3O4S. The molecule has 35 heavy (non-hydrogen) atoms. The highest BCUT2D eigenvalue weighted by Gasteiger charge is 2.13. The fraction of sp³-hybridized carbons (Fsp3) is 0.259. The third kappa shape index (κ3) is 7.58. The molecule has 0 aromatic heterocycles. The zero-order chi connectivity index (χ0) is 25.2.